The molecule has 0 aliphatic heterocycles. The number of guanidine groups is 1. The zero-order valence-corrected chi connectivity index (χ0v) is 15.6. The molecule has 2 rings (SSSR count). The molecule has 1 heterocycles. The number of ether oxygens (including phenoxy) is 1. The summed E-state index contributed by atoms with van der Waals surface area (Å²) in [4.78, 5) is 15.9. The average molecular weight is 348 g/mol. The largest absolute Gasteiger partial charge is 0.385 e. The number of pyridine rings is 1. The smallest absolute Gasteiger partial charge is 0.250 e. The molecule has 1 aromatic rings. The van der Waals surface area contributed by atoms with Crippen molar-refractivity contribution in [1.29, 1.82) is 0 Å². The van der Waals surface area contributed by atoms with E-state index in [4.69, 9.17) is 4.74 Å². The standard InChI is InChI=1S/C19H32N4O2/c1-20-18(22-16-19(9-7-10-19)11-15-25-2)21-12-4-6-14-23-13-5-3-8-17(23)24/h3,5,8,13H,4,6-7,9-12,14-16H2,1-2H3,(H2,20,21,22). The van der Waals surface area contributed by atoms with Gasteiger partial charge in [0.15, 0.2) is 5.96 Å². The molecule has 0 saturated heterocycles. The number of nitrogens with one attached hydrogen (secondary N) is 2. The number of unbranched alkanes of at least 4 members (excludes halogenated alkanes) is 1. The Hall–Kier alpha value is -1.82. The van der Waals surface area contributed by atoms with Crippen LogP contribution >= 0.6 is 0 Å². The van der Waals surface area contributed by atoms with Crippen LogP contribution in [0.25, 0.3) is 0 Å². The van der Waals surface area contributed by atoms with E-state index in [1.807, 2.05) is 19.3 Å². The third-order valence-electron chi connectivity index (χ3n) is 5.12. The predicted octanol–water partition coefficient (Wildman–Crippen LogP) is 2.00. The molecular formula is C19H32N4O2. The van der Waals surface area contributed by atoms with E-state index in [1.165, 1.54) is 19.3 Å². The molecule has 0 amide bonds. The molecule has 1 aliphatic rings. The van der Waals surface area contributed by atoms with Gasteiger partial charge < -0.3 is 19.9 Å². The first-order valence-electron chi connectivity index (χ1n) is 9.28. The molecule has 0 radical (unpaired) electrons. The van der Waals surface area contributed by atoms with Crippen LogP contribution in [0.15, 0.2) is 34.2 Å². The van der Waals surface area contributed by atoms with E-state index in [9.17, 15) is 4.79 Å². The van der Waals surface area contributed by atoms with Crippen LogP contribution in [-0.4, -0.2) is 44.4 Å². The highest BCUT2D eigenvalue weighted by Gasteiger charge is 2.36. The van der Waals surface area contributed by atoms with Gasteiger partial charge in [-0.05, 0) is 43.6 Å². The minimum absolute atomic E-state index is 0.0646. The highest BCUT2D eigenvalue weighted by atomic mass is 16.5. The molecule has 2 N–H and O–H groups in total. The van der Waals surface area contributed by atoms with E-state index in [1.54, 1.807) is 23.8 Å². The van der Waals surface area contributed by atoms with Gasteiger partial charge in [0.25, 0.3) is 0 Å². The molecule has 0 aromatic carbocycles. The van der Waals surface area contributed by atoms with E-state index in [2.05, 4.69) is 15.6 Å². The first-order chi connectivity index (χ1) is 12.2. The monoisotopic (exact) mass is 348 g/mol. The summed E-state index contributed by atoms with van der Waals surface area (Å²) in [6.07, 6.45) is 8.77. The Kier molecular flexibility index (Phi) is 7.98. The third-order valence-corrected chi connectivity index (χ3v) is 5.12. The maximum atomic E-state index is 11.6. The summed E-state index contributed by atoms with van der Waals surface area (Å²) in [5.41, 5.74) is 0.442. The van der Waals surface area contributed by atoms with Gasteiger partial charge in [-0.1, -0.05) is 12.5 Å². The number of methoxy groups -OCH3 is 1. The second-order valence-corrected chi connectivity index (χ2v) is 6.89. The summed E-state index contributed by atoms with van der Waals surface area (Å²) in [6, 6.07) is 5.27. The van der Waals surface area contributed by atoms with Crippen molar-refractivity contribution in [3.05, 3.63) is 34.7 Å². The van der Waals surface area contributed by atoms with E-state index in [0.717, 1.165) is 51.5 Å². The van der Waals surface area contributed by atoms with Crippen LogP contribution in [0.4, 0.5) is 0 Å². The number of hydrogen-bond donors (Lipinski definition) is 2. The van der Waals surface area contributed by atoms with Crippen LogP contribution in [0, 0.1) is 5.41 Å². The molecule has 0 bridgehead atoms. The molecular weight excluding hydrogens is 316 g/mol. The van der Waals surface area contributed by atoms with Gasteiger partial charge in [-0.3, -0.25) is 9.79 Å². The van der Waals surface area contributed by atoms with Crippen LogP contribution in [0.5, 0.6) is 0 Å². The first kappa shape index (κ1) is 19.5. The van der Waals surface area contributed by atoms with Crippen LogP contribution in [-0.2, 0) is 11.3 Å². The molecule has 1 aromatic heterocycles. The van der Waals surface area contributed by atoms with Crippen LogP contribution in [0.3, 0.4) is 0 Å². The second-order valence-electron chi connectivity index (χ2n) is 6.89. The summed E-state index contributed by atoms with van der Waals surface area (Å²) in [6.45, 7) is 3.39. The Morgan fingerprint density at radius 1 is 1.32 bits per heavy atom. The summed E-state index contributed by atoms with van der Waals surface area (Å²) >= 11 is 0. The average Bonchev–Trinajstić information content (AvgIpc) is 2.59. The fourth-order valence-corrected chi connectivity index (χ4v) is 3.26. The fourth-order valence-electron chi connectivity index (χ4n) is 3.26. The molecule has 0 atom stereocenters. The second kappa shape index (κ2) is 10.2. The lowest BCUT2D eigenvalue weighted by Crippen LogP contribution is -2.47. The molecule has 6 nitrogen and oxygen atoms in total. The minimum Gasteiger partial charge on any atom is -0.385 e. The number of nitrogens with zero attached hydrogens (tertiary/aromatic N) is 2. The van der Waals surface area contributed by atoms with Crippen molar-refractivity contribution in [1.82, 2.24) is 15.2 Å². The Labute approximate surface area is 150 Å². The van der Waals surface area contributed by atoms with E-state index < -0.39 is 0 Å². The zero-order valence-electron chi connectivity index (χ0n) is 15.6. The summed E-state index contributed by atoms with van der Waals surface area (Å²) in [5, 5.41) is 6.83. The number of aryl methyl sites for hydroxylation is 1. The predicted molar refractivity (Wildman–Crippen MR) is 102 cm³/mol. The van der Waals surface area contributed by atoms with Gasteiger partial charge in [0.1, 0.15) is 0 Å². The van der Waals surface area contributed by atoms with Gasteiger partial charge in [0.05, 0.1) is 0 Å². The van der Waals surface area contributed by atoms with Gasteiger partial charge in [0, 0.05) is 52.7 Å². The summed E-state index contributed by atoms with van der Waals surface area (Å²) < 4.78 is 7.00. The highest BCUT2D eigenvalue weighted by Crippen LogP contribution is 2.43. The first-order valence-corrected chi connectivity index (χ1v) is 9.28. The highest BCUT2D eigenvalue weighted by molar-refractivity contribution is 5.79. The van der Waals surface area contributed by atoms with Crippen molar-refractivity contribution in [3.63, 3.8) is 0 Å². The van der Waals surface area contributed by atoms with Gasteiger partial charge in [-0.2, -0.15) is 0 Å². The number of rotatable bonds is 10. The molecule has 0 unspecified atom stereocenters. The zero-order chi connectivity index (χ0) is 18.0. The van der Waals surface area contributed by atoms with Gasteiger partial charge in [-0.15, -0.1) is 0 Å². The maximum absolute atomic E-state index is 11.6. The summed E-state index contributed by atoms with van der Waals surface area (Å²) in [5.74, 6) is 0.862. The van der Waals surface area contributed by atoms with Gasteiger partial charge >= 0.3 is 0 Å². The Morgan fingerprint density at radius 2 is 2.16 bits per heavy atom. The maximum Gasteiger partial charge on any atom is 0.250 e. The van der Waals surface area contributed by atoms with Gasteiger partial charge in [-0.25, -0.2) is 0 Å². The van der Waals surface area contributed by atoms with Crippen molar-refractivity contribution < 1.29 is 4.74 Å². The minimum atomic E-state index is 0.0646. The van der Waals surface area contributed by atoms with Crippen molar-refractivity contribution in [2.75, 3.05) is 33.9 Å². The fraction of sp³-hybridized carbons (Fsp3) is 0.684. The molecule has 1 saturated carbocycles. The molecule has 1 aliphatic carbocycles. The normalized spacial score (nSPS) is 16.3. The SMILES string of the molecule is CN=C(NCCCCn1ccccc1=O)NCC1(CCOC)CCC1. The van der Waals surface area contributed by atoms with E-state index >= 15 is 0 Å². The van der Waals surface area contributed by atoms with E-state index in [-0.39, 0.29) is 5.56 Å². The van der Waals surface area contributed by atoms with Crippen molar-refractivity contribution in [2.45, 2.75) is 45.1 Å². The van der Waals surface area contributed by atoms with Crippen molar-refractivity contribution in [3.8, 4) is 0 Å². The molecule has 0 spiro atoms. The quantitative estimate of drug-likeness (QED) is 0.386. The Morgan fingerprint density at radius 3 is 2.80 bits per heavy atom. The van der Waals surface area contributed by atoms with Crippen LogP contribution < -0.4 is 16.2 Å². The van der Waals surface area contributed by atoms with Gasteiger partial charge in [0.2, 0.25) is 5.56 Å². The topological polar surface area (TPSA) is 67.7 Å². The summed E-state index contributed by atoms with van der Waals surface area (Å²) in [7, 11) is 3.57. The van der Waals surface area contributed by atoms with E-state index in [0.29, 0.717) is 5.41 Å². The van der Waals surface area contributed by atoms with Crippen LogP contribution in [0.2, 0.25) is 0 Å². The lowest BCUT2D eigenvalue weighted by atomic mass is 9.67. The molecule has 25 heavy (non-hydrogen) atoms. The number of aliphatic imine (C=N–C) groups is 1. The Balaban J connectivity index is 1.63. The number of aromatic nitrogens is 1. The van der Waals surface area contributed by atoms with Crippen molar-refractivity contribution >= 4 is 5.96 Å². The molecule has 1 fully saturated rings. The molecule has 6 heteroatoms. The number of hydrogen-bond acceptors (Lipinski definition) is 3. The lowest BCUT2D eigenvalue weighted by molar-refractivity contribution is 0.0732. The van der Waals surface area contributed by atoms with Crippen LogP contribution in [0.1, 0.15) is 38.5 Å². The Bertz CT molecular complexity index is 593. The third kappa shape index (κ3) is 6.20. The lowest BCUT2D eigenvalue weighted by Gasteiger charge is -2.42. The molecule has 140 valence electrons. The van der Waals surface area contributed by atoms with Crippen molar-refractivity contribution in [2.24, 2.45) is 10.4 Å².